The van der Waals surface area contributed by atoms with Crippen LogP contribution in [0.2, 0.25) is 0 Å². The molecule has 94 valence electrons. The van der Waals surface area contributed by atoms with E-state index in [1.807, 2.05) is 6.07 Å². The van der Waals surface area contributed by atoms with Crippen molar-refractivity contribution in [3.05, 3.63) is 35.1 Å². The molecule has 2 heteroatoms. The third-order valence-corrected chi connectivity index (χ3v) is 4.04. The van der Waals surface area contributed by atoms with Gasteiger partial charge in [-0.05, 0) is 48.8 Å². The minimum Gasteiger partial charge on any atom is -0.388 e. The lowest BCUT2D eigenvalue weighted by atomic mass is 9.78. The average Bonchev–Trinajstić information content (AvgIpc) is 2.33. The van der Waals surface area contributed by atoms with Crippen LogP contribution in [0.5, 0.6) is 0 Å². The van der Waals surface area contributed by atoms with Crippen molar-refractivity contribution >= 4 is 0 Å². The Labute approximate surface area is 103 Å². The summed E-state index contributed by atoms with van der Waals surface area (Å²) in [4.78, 5) is 0. The van der Waals surface area contributed by atoms with E-state index in [1.54, 1.807) is 13.0 Å². The van der Waals surface area contributed by atoms with Crippen molar-refractivity contribution in [3.8, 4) is 0 Å². The van der Waals surface area contributed by atoms with Gasteiger partial charge in [0, 0.05) is 0 Å². The third-order valence-electron chi connectivity index (χ3n) is 4.04. The molecule has 1 N–H and O–H groups in total. The van der Waals surface area contributed by atoms with Crippen LogP contribution in [0.1, 0.15) is 49.8 Å². The first-order valence-corrected chi connectivity index (χ1v) is 6.52. The highest BCUT2D eigenvalue weighted by molar-refractivity contribution is 5.25. The van der Waals surface area contributed by atoms with Crippen LogP contribution in [-0.4, -0.2) is 5.11 Å². The predicted octanol–water partition coefficient (Wildman–Crippen LogP) is 3.99. The summed E-state index contributed by atoms with van der Waals surface area (Å²) in [6, 6.07) is 5.08. The average molecular weight is 236 g/mol. The van der Waals surface area contributed by atoms with Crippen LogP contribution in [0, 0.1) is 24.6 Å². The monoisotopic (exact) mass is 236 g/mol. The van der Waals surface area contributed by atoms with Crippen LogP contribution < -0.4 is 0 Å². The minimum atomic E-state index is -0.502. The second-order valence-corrected chi connectivity index (χ2v) is 5.47. The fourth-order valence-electron chi connectivity index (χ4n) is 2.67. The van der Waals surface area contributed by atoms with E-state index < -0.39 is 6.10 Å². The largest absolute Gasteiger partial charge is 0.388 e. The van der Waals surface area contributed by atoms with Crippen molar-refractivity contribution in [3.63, 3.8) is 0 Å². The van der Waals surface area contributed by atoms with E-state index in [0.717, 1.165) is 24.3 Å². The molecule has 1 unspecified atom stereocenters. The van der Waals surface area contributed by atoms with Crippen molar-refractivity contribution in [1.29, 1.82) is 0 Å². The van der Waals surface area contributed by atoms with Gasteiger partial charge < -0.3 is 5.11 Å². The maximum atomic E-state index is 13.5. The van der Waals surface area contributed by atoms with Crippen LogP contribution in [0.3, 0.4) is 0 Å². The second kappa shape index (κ2) is 5.18. The van der Waals surface area contributed by atoms with Crippen LogP contribution in [0.15, 0.2) is 18.2 Å². The Morgan fingerprint density at radius 2 is 1.88 bits per heavy atom. The summed E-state index contributed by atoms with van der Waals surface area (Å²) in [5, 5.41) is 10.3. The number of hydrogen-bond acceptors (Lipinski definition) is 1. The zero-order valence-corrected chi connectivity index (χ0v) is 10.6. The number of benzene rings is 1. The molecule has 0 radical (unpaired) electrons. The predicted molar refractivity (Wildman–Crippen MR) is 67.2 cm³/mol. The Bertz CT molecular complexity index is 381. The Morgan fingerprint density at radius 3 is 2.47 bits per heavy atom. The normalized spacial score (nSPS) is 26.8. The fraction of sp³-hybridized carbons (Fsp3) is 0.600. The molecule has 0 bridgehead atoms. The van der Waals surface area contributed by atoms with Gasteiger partial charge in [0.1, 0.15) is 5.82 Å². The Morgan fingerprint density at radius 1 is 1.24 bits per heavy atom. The quantitative estimate of drug-likeness (QED) is 0.823. The summed E-state index contributed by atoms with van der Waals surface area (Å²) in [5.41, 5.74) is 1.37. The molecule has 1 aromatic rings. The summed E-state index contributed by atoms with van der Waals surface area (Å²) < 4.78 is 13.5. The van der Waals surface area contributed by atoms with Crippen LogP contribution in [0.25, 0.3) is 0 Å². The molecule has 1 aliphatic rings. The van der Waals surface area contributed by atoms with E-state index in [0.29, 0.717) is 11.5 Å². The van der Waals surface area contributed by atoms with E-state index in [4.69, 9.17) is 0 Å². The molecule has 1 aromatic carbocycles. The number of rotatable bonds is 2. The summed E-state index contributed by atoms with van der Waals surface area (Å²) in [5.74, 6) is 0.854. The number of hydrogen-bond donors (Lipinski definition) is 1. The molecule has 1 nitrogen and oxygen atoms in total. The van der Waals surface area contributed by atoms with Gasteiger partial charge >= 0.3 is 0 Å². The zero-order valence-electron chi connectivity index (χ0n) is 10.6. The maximum absolute atomic E-state index is 13.5. The van der Waals surface area contributed by atoms with Crippen LogP contribution in [0.4, 0.5) is 4.39 Å². The highest BCUT2D eigenvalue weighted by Gasteiger charge is 2.25. The Balaban J connectivity index is 2.08. The third kappa shape index (κ3) is 2.86. The van der Waals surface area contributed by atoms with Crippen LogP contribution in [-0.2, 0) is 0 Å². The maximum Gasteiger partial charge on any atom is 0.126 e. The van der Waals surface area contributed by atoms with Crippen LogP contribution >= 0.6 is 0 Å². The molecule has 0 spiro atoms. The molecule has 1 saturated carbocycles. The fourth-order valence-corrected chi connectivity index (χ4v) is 2.67. The number of aliphatic hydroxyl groups excluding tert-OH is 1. The van der Waals surface area contributed by atoms with Crippen molar-refractivity contribution < 1.29 is 9.50 Å². The molecule has 2 rings (SSSR count). The lowest BCUT2D eigenvalue weighted by Crippen LogP contribution is -2.19. The van der Waals surface area contributed by atoms with Crippen molar-refractivity contribution in [2.24, 2.45) is 11.8 Å². The lowest BCUT2D eigenvalue weighted by molar-refractivity contribution is 0.0753. The first-order valence-electron chi connectivity index (χ1n) is 6.52. The molecular weight excluding hydrogens is 215 g/mol. The summed E-state index contributed by atoms with van der Waals surface area (Å²) in [6.07, 6.45) is 3.96. The topological polar surface area (TPSA) is 20.2 Å². The molecule has 17 heavy (non-hydrogen) atoms. The van der Waals surface area contributed by atoms with Gasteiger partial charge in [-0.15, -0.1) is 0 Å². The highest BCUT2D eigenvalue weighted by Crippen LogP contribution is 2.36. The number of halogens is 1. The van der Waals surface area contributed by atoms with Gasteiger partial charge in [-0.3, -0.25) is 0 Å². The Hall–Kier alpha value is -0.890. The Kier molecular flexibility index (Phi) is 3.82. The van der Waals surface area contributed by atoms with Gasteiger partial charge in [0.2, 0.25) is 0 Å². The molecule has 0 amide bonds. The van der Waals surface area contributed by atoms with E-state index in [-0.39, 0.29) is 5.82 Å². The minimum absolute atomic E-state index is 0.217. The smallest absolute Gasteiger partial charge is 0.126 e. The SMILES string of the molecule is Cc1ccc(C(O)C2CCC(C)CC2)cc1F. The first-order chi connectivity index (χ1) is 8.08. The zero-order chi connectivity index (χ0) is 12.4. The lowest BCUT2D eigenvalue weighted by Gasteiger charge is -2.30. The standard InChI is InChI=1S/C15H21FO/c1-10-3-6-12(7-4-10)15(17)13-8-5-11(2)14(16)9-13/h5,8-10,12,15,17H,3-4,6-7H2,1-2H3. The molecule has 0 aliphatic heterocycles. The summed E-state index contributed by atoms with van der Waals surface area (Å²) in [7, 11) is 0. The molecule has 1 aliphatic carbocycles. The van der Waals surface area contributed by atoms with Gasteiger partial charge in [0.15, 0.2) is 0 Å². The van der Waals surface area contributed by atoms with Gasteiger partial charge in [-0.1, -0.05) is 31.9 Å². The number of aryl methyl sites for hydroxylation is 1. The summed E-state index contributed by atoms with van der Waals surface area (Å²) >= 11 is 0. The van der Waals surface area contributed by atoms with Gasteiger partial charge in [0.05, 0.1) is 6.10 Å². The summed E-state index contributed by atoms with van der Waals surface area (Å²) in [6.45, 7) is 4.00. The molecule has 1 atom stereocenters. The molecule has 0 saturated heterocycles. The first kappa shape index (κ1) is 12.6. The second-order valence-electron chi connectivity index (χ2n) is 5.47. The van der Waals surface area contributed by atoms with Crippen molar-refractivity contribution in [1.82, 2.24) is 0 Å². The van der Waals surface area contributed by atoms with Crippen molar-refractivity contribution in [2.45, 2.75) is 45.6 Å². The number of aliphatic hydroxyl groups is 1. The van der Waals surface area contributed by atoms with E-state index in [1.165, 1.54) is 18.9 Å². The highest BCUT2D eigenvalue weighted by atomic mass is 19.1. The van der Waals surface area contributed by atoms with Gasteiger partial charge in [-0.25, -0.2) is 4.39 Å². The van der Waals surface area contributed by atoms with E-state index in [9.17, 15) is 9.50 Å². The van der Waals surface area contributed by atoms with Gasteiger partial charge in [0.25, 0.3) is 0 Å². The molecular formula is C15H21FO. The van der Waals surface area contributed by atoms with E-state index in [2.05, 4.69) is 6.92 Å². The van der Waals surface area contributed by atoms with Crippen molar-refractivity contribution in [2.75, 3.05) is 0 Å². The molecule has 0 heterocycles. The van der Waals surface area contributed by atoms with E-state index >= 15 is 0 Å². The molecule has 1 fully saturated rings. The van der Waals surface area contributed by atoms with Gasteiger partial charge in [-0.2, -0.15) is 0 Å². The molecule has 0 aromatic heterocycles.